The Morgan fingerprint density at radius 2 is 1.82 bits per heavy atom. The molecule has 17 heavy (non-hydrogen) atoms. The van der Waals surface area contributed by atoms with Gasteiger partial charge in [0.2, 0.25) is 0 Å². The molecule has 1 aliphatic rings. The number of nitrogens with one attached hydrogen (secondary N) is 1. The predicted molar refractivity (Wildman–Crippen MR) is 70.0 cm³/mol. The molecular weight excluding hydrogens is 214 g/mol. The highest BCUT2D eigenvalue weighted by Crippen LogP contribution is 2.46. The molecule has 0 aromatic carbocycles. The van der Waals surface area contributed by atoms with E-state index in [2.05, 4.69) is 19.2 Å². The summed E-state index contributed by atoms with van der Waals surface area (Å²) in [4.78, 5) is 11.1. The van der Waals surface area contributed by atoms with Crippen LogP contribution >= 0.6 is 0 Å². The number of carbonyl (C=O) groups is 1. The number of carboxylic acids is 1. The maximum Gasteiger partial charge on any atom is 0.303 e. The Kier molecular flexibility index (Phi) is 5.44. The third-order valence-electron chi connectivity index (χ3n) is 4.34. The monoisotopic (exact) mass is 241 g/mol. The molecule has 1 fully saturated rings. The first kappa shape index (κ1) is 14.5. The lowest BCUT2D eigenvalue weighted by Gasteiger charge is -2.44. The predicted octanol–water partition coefficient (Wildman–Crippen LogP) is 2.90. The van der Waals surface area contributed by atoms with Gasteiger partial charge in [0.1, 0.15) is 0 Å². The standard InChI is InChI=1S/C14H27NO2/c1-4-11-6-12(5-2)8-14(7-11,10-15-3)9-13(16)17/h11-12,15H,4-10H2,1-3H3,(H,16,17)/t11-,12+,14?. The van der Waals surface area contributed by atoms with Crippen LogP contribution in [0.3, 0.4) is 0 Å². The Balaban J connectivity index is 2.81. The Morgan fingerprint density at radius 3 is 2.18 bits per heavy atom. The van der Waals surface area contributed by atoms with Gasteiger partial charge >= 0.3 is 5.97 Å². The molecule has 1 rings (SSSR count). The molecule has 1 aliphatic carbocycles. The minimum atomic E-state index is -0.646. The Hall–Kier alpha value is -0.570. The van der Waals surface area contributed by atoms with E-state index in [0.29, 0.717) is 18.3 Å². The molecule has 3 nitrogen and oxygen atoms in total. The maximum absolute atomic E-state index is 11.1. The molecule has 0 radical (unpaired) electrons. The van der Waals surface area contributed by atoms with Crippen LogP contribution in [0.15, 0.2) is 0 Å². The topological polar surface area (TPSA) is 49.3 Å². The highest BCUT2D eigenvalue weighted by atomic mass is 16.4. The van der Waals surface area contributed by atoms with Crippen molar-refractivity contribution in [2.24, 2.45) is 17.3 Å². The van der Waals surface area contributed by atoms with Crippen LogP contribution < -0.4 is 5.32 Å². The van der Waals surface area contributed by atoms with Crippen LogP contribution in [0.4, 0.5) is 0 Å². The van der Waals surface area contributed by atoms with Crippen molar-refractivity contribution in [1.82, 2.24) is 5.32 Å². The molecule has 2 N–H and O–H groups in total. The summed E-state index contributed by atoms with van der Waals surface area (Å²) < 4.78 is 0. The number of hydrogen-bond donors (Lipinski definition) is 2. The Labute approximate surface area is 105 Å². The van der Waals surface area contributed by atoms with Gasteiger partial charge in [-0.2, -0.15) is 0 Å². The van der Waals surface area contributed by atoms with Gasteiger partial charge < -0.3 is 10.4 Å². The van der Waals surface area contributed by atoms with E-state index in [1.54, 1.807) is 0 Å². The molecule has 0 aromatic heterocycles. The van der Waals surface area contributed by atoms with Gasteiger partial charge in [-0.25, -0.2) is 0 Å². The molecular formula is C14H27NO2. The largest absolute Gasteiger partial charge is 0.481 e. The second-order valence-electron chi connectivity index (χ2n) is 5.79. The van der Waals surface area contributed by atoms with Gasteiger partial charge in [-0.15, -0.1) is 0 Å². The van der Waals surface area contributed by atoms with Crippen molar-refractivity contribution >= 4 is 5.97 Å². The van der Waals surface area contributed by atoms with Crippen LogP contribution in [0.1, 0.15) is 52.4 Å². The zero-order chi connectivity index (χ0) is 12.9. The van der Waals surface area contributed by atoms with Gasteiger partial charge in [0.25, 0.3) is 0 Å². The smallest absolute Gasteiger partial charge is 0.303 e. The van der Waals surface area contributed by atoms with Gasteiger partial charge in [0, 0.05) is 6.54 Å². The first-order chi connectivity index (χ1) is 8.05. The summed E-state index contributed by atoms with van der Waals surface area (Å²) in [6, 6.07) is 0. The van der Waals surface area contributed by atoms with Gasteiger partial charge in [-0.05, 0) is 43.6 Å². The van der Waals surface area contributed by atoms with E-state index in [0.717, 1.165) is 19.4 Å². The van der Waals surface area contributed by atoms with Gasteiger partial charge in [-0.3, -0.25) is 4.79 Å². The summed E-state index contributed by atoms with van der Waals surface area (Å²) in [5.41, 5.74) is -0.0137. The summed E-state index contributed by atoms with van der Waals surface area (Å²) in [5, 5.41) is 12.4. The zero-order valence-electron chi connectivity index (χ0n) is 11.5. The number of rotatable bonds is 6. The minimum Gasteiger partial charge on any atom is -0.481 e. The summed E-state index contributed by atoms with van der Waals surface area (Å²) in [6.45, 7) is 5.30. The average molecular weight is 241 g/mol. The van der Waals surface area contributed by atoms with E-state index in [1.165, 1.54) is 19.3 Å². The van der Waals surface area contributed by atoms with Crippen molar-refractivity contribution in [3.8, 4) is 0 Å². The molecule has 3 heteroatoms. The second kappa shape index (κ2) is 6.39. The summed E-state index contributed by atoms with van der Waals surface area (Å²) in [6.07, 6.45) is 6.13. The molecule has 3 atom stereocenters. The molecule has 100 valence electrons. The molecule has 0 bridgehead atoms. The highest BCUT2D eigenvalue weighted by molar-refractivity contribution is 5.67. The lowest BCUT2D eigenvalue weighted by atomic mass is 9.62. The van der Waals surface area contributed by atoms with Crippen molar-refractivity contribution in [3.63, 3.8) is 0 Å². The SMILES string of the molecule is CC[C@@H]1C[C@H](CC)CC(CNC)(CC(=O)O)C1. The van der Waals surface area contributed by atoms with E-state index in [-0.39, 0.29) is 5.41 Å². The van der Waals surface area contributed by atoms with Crippen molar-refractivity contribution in [2.75, 3.05) is 13.6 Å². The summed E-state index contributed by atoms with van der Waals surface area (Å²) in [5.74, 6) is 0.773. The van der Waals surface area contributed by atoms with Crippen LogP contribution in [0.2, 0.25) is 0 Å². The van der Waals surface area contributed by atoms with E-state index < -0.39 is 5.97 Å². The minimum absolute atomic E-state index is 0.0137. The average Bonchev–Trinajstić information content (AvgIpc) is 2.27. The molecule has 0 spiro atoms. The molecule has 0 saturated heterocycles. The van der Waals surface area contributed by atoms with Crippen molar-refractivity contribution in [3.05, 3.63) is 0 Å². The zero-order valence-corrected chi connectivity index (χ0v) is 11.5. The van der Waals surface area contributed by atoms with E-state index in [1.807, 2.05) is 7.05 Å². The van der Waals surface area contributed by atoms with Crippen LogP contribution in [-0.2, 0) is 4.79 Å². The number of aliphatic carboxylic acids is 1. The molecule has 0 amide bonds. The number of carboxylic acid groups (broad SMARTS) is 1. The fourth-order valence-corrected chi connectivity index (χ4v) is 3.62. The Bertz CT molecular complexity index is 241. The molecule has 0 aromatic rings. The van der Waals surface area contributed by atoms with Crippen molar-refractivity contribution in [1.29, 1.82) is 0 Å². The van der Waals surface area contributed by atoms with E-state index in [9.17, 15) is 4.79 Å². The lowest BCUT2D eigenvalue weighted by molar-refractivity contribution is -0.141. The van der Waals surface area contributed by atoms with Crippen LogP contribution in [0.25, 0.3) is 0 Å². The van der Waals surface area contributed by atoms with E-state index >= 15 is 0 Å². The van der Waals surface area contributed by atoms with Gasteiger partial charge in [0.05, 0.1) is 6.42 Å². The number of hydrogen-bond acceptors (Lipinski definition) is 2. The molecule has 0 aliphatic heterocycles. The fraction of sp³-hybridized carbons (Fsp3) is 0.929. The van der Waals surface area contributed by atoms with Crippen LogP contribution in [-0.4, -0.2) is 24.7 Å². The fourth-order valence-electron chi connectivity index (χ4n) is 3.62. The van der Waals surface area contributed by atoms with E-state index in [4.69, 9.17) is 5.11 Å². The summed E-state index contributed by atoms with van der Waals surface area (Å²) in [7, 11) is 1.93. The molecule has 1 unspecified atom stereocenters. The first-order valence-electron chi connectivity index (χ1n) is 6.91. The quantitative estimate of drug-likeness (QED) is 0.751. The van der Waals surface area contributed by atoms with Gasteiger partial charge in [-0.1, -0.05) is 26.7 Å². The van der Waals surface area contributed by atoms with Crippen LogP contribution in [0.5, 0.6) is 0 Å². The molecule has 0 heterocycles. The lowest BCUT2D eigenvalue weighted by Crippen LogP contribution is -2.41. The third kappa shape index (κ3) is 3.98. The normalized spacial score (nSPS) is 33.6. The second-order valence-corrected chi connectivity index (χ2v) is 5.79. The summed E-state index contributed by atoms with van der Waals surface area (Å²) >= 11 is 0. The van der Waals surface area contributed by atoms with Crippen molar-refractivity contribution in [2.45, 2.75) is 52.4 Å². The third-order valence-corrected chi connectivity index (χ3v) is 4.34. The van der Waals surface area contributed by atoms with Crippen LogP contribution in [0, 0.1) is 17.3 Å². The molecule has 1 saturated carbocycles. The first-order valence-corrected chi connectivity index (χ1v) is 6.91. The van der Waals surface area contributed by atoms with Gasteiger partial charge in [0.15, 0.2) is 0 Å². The highest BCUT2D eigenvalue weighted by Gasteiger charge is 2.40. The maximum atomic E-state index is 11.1. The Morgan fingerprint density at radius 1 is 1.29 bits per heavy atom. The van der Waals surface area contributed by atoms with Crippen molar-refractivity contribution < 1.29 is 9.90 Å².